The van der Waals surface area contributed by atoms with Crippen molar-refractivity contribution in [3.05, 3.63) is 35.7 Å². The maximum atomic E-state index is 12.4. The molecule has 1 aromatic carbocycles. The van der Waals surface area contributed by atoms with Gasteiger partial charge in [-0.05, 0) is 5.56 Å². The Morgan fingerprint density at radius 1 is 1.17 bits per heavy atom. The van der Waals surface area contributed by atoms with Gasteiger partial charge in [0.25, 0.3) is 0 Å². The van der Waals surface area contributed by atoms with Crippen molar-refractivity contribution in [3.63, 3.8) is 0 Å². The number of alkyl halides is 5. The lowest BCUT2D eigenvalue weighted by atomic mass is 10.1. The van der Waals surface area contributed by atoms with E-state index in [0.717, 1.165) is 0 Å². The van der Waals surface area contributed by atoms with Gasteiger partial charge in [0.15, 0.2) is 0 Å². The second kappa shape index (κ2) is 5.00. The van der Waals surface area contributed by atoms with Crippen LogP contribution in [0.2, 0.25) is 0 Å². The fourth-order valence-corrected chi connectivity index (χ4v) is 2.14. The molecule has 0 aliphatic carbocycles. The summed E-state index contributed by atoms with van der Waals surface area (Å²) in [6.45, 7) is 0. The average molecular weight is 386 g/mol. The summed E-state index contributed by atoms with van der Waals surface area (Å²) in [5.41, 5.74) is 1.18. The van der Waals surface area contributed by atoms with E-state index < -0.39 is 12.1 Å². The highest BCUT2D eigenvalue weighted by Crippen LogP contribution is 2.36. The lowest BCUT2D eigenvalue weighted by Crippen LogP contribution is -2.04. The molecule has 0 aliphatic rings. The summed E-state index contributed by atoms with van der Waals surface area (Å²) in [6, 6.07) is 6.81. The number of hydrogen-bond donors (Lipinski definition) is 0. The van der Waals surface area contributed by atoms with E-state index in [4.69, 9.17) is 0 Å². The van der Waals surface area contributed by atoms with E-state index >= 15 is 0 Å². The monoisotopic (exact) mass is 384 g/mol. The number of aromatic nitrogens is 2. The Bertz CT molecular complexity index is 554. The molecule has 1 aromatic heterocycles. The minimum absolute atomic E-state index is 0.0955. The normalized spacial score (nSPS) is 12.1. The van der Waals surface area contributed by atoms with Crippen LogP contribution >= 0.6 is 31.9 Å². The number of halogens is 5. The number of hydrogen-bond acceptors (Lipinski definition) is 3. The minimum Gasteiger partial charge on any atom is -0.329 e. The molecule has 1 heterocycles. The van der Waals surface area contributed by atoms with Crippen LogP contribution in [0, 0.1) is 0 Å². The van der Waals surface area contributed by atoms with Crippen molar-refractivity contribution in [2.45, 2.75) is 9.91 Å². The molecular weight excluding hydrogens is 381 g/mol. The third-order valence-electron chi connectivity index (χ3n) is 2.11. The van der Waals surface area contributed by atoms with Gasteiger partial charge in [-0.3, -0.25) is 0 Å². The van der Waals surface area contributed by atoms with Gasteiger partial charge in [-0.15, -0.1) is 0 Å². The van der Waals surface area contributed by atoms with Gasteiger partial charge in [0, 0.05) is 5.56 Å². The summed E-state index contributed by atoms with van der Waals surface area (Å²) in [5.74, 6) is -1.45. The van der Waals surface area contributed by atoms with Gasteiger partial charge in [-0.25, -0.2) is 0 Å². The Hall–Kier alpha value is -0.890. The molecule has 0 amide bonds. The SMILES string of the molecule is FC(F)(F)c1nc(-c2ccccc2C(Br)Br)no1. The second-order valence-corrected chi connectivity index (χ2v) is 6.37. The first-order chi connectivity index (χ1) is 8.39. The highest BCUT2D eigenvalue weighted by atomic mass is 79.9. The smallest absolute Gasteiger partial charge is 0.329 e. The van der Waals surface area contributed by atoms with E-state index in [1.54, 1.807) is 24.3 Å². The number of rotatable bonds is 2. The number of benzene rings is 1. The fraction of sp³-hybridized carbons (Fsp3) is 0.200. The van der Waals surface area contributed by atoms with Crippen LogP contribution in [-0.2, 0) is 6.18 Å². The Kier molecular flexibility index (Phi) is 3.76. The Balaban J connectivity index is 2.47. The molecule has 2 aromatic rings. The van der Waals surface area contributed by atoms with Gasteiger partial charge in [0.1, 0.15) is 0 Å². The van der Waals surface area contributed by atoms with Crippen molar-refractivity contribution in [2.75, 3.05) is 0 Å². The predicted octanol–water partition coefficient (Wildman–Crippen LogP) is 4.54. The van der Waals surface area contributed by atoms with Crippen LogP contribution in [0.4, 0.5) is 13.2 Å². The Morgan fingerprint density at radius 3 is 2.39 bits per heavy atom. The Labute approximate surface area is 117 Å². The summed E-state index contributed by atoms with van der Waals surface area (Å²) >= 11 is 6.57. The minimum atomic E-state index is -4.64. The van der Waals surface area contributed by atoms with Gasteiger partial charge < -0.3 is 4.52 Å². The first-order valence-corrected chi connectivity index (χ1v) is 6.51. The molecule has 96 valence electrons. The van der Waals surface area contributed by atoms with Crippen molar-refractivity contribution in [3.8, 4) is 11.4 Å². The zero-order valence-electron chi connectivity index (χ0n) is 8.58. The van der Waals surface area contributed by atoms with Gasteiger partial charge in [0.2, 0.25) is 5.82 Å². The first kappa shape index (κ1) is 13.5. The van der Waals surface area contributed by atoms with Gasteiger partial charge in [0.05, 0.1) is 3.74 Å². The molecule has 0 atom stereocenters. The van der Waals surface area contributed by atoms with E-state index in [2.05, 4.69) is 46.5 Å². The van der Waals surface area contributed by atoms with Gasteiger partial charge in [-0.2, -0.15) is 18.2 Å². The molecular formula is C10H5Br2F3N2O. The fourth-order valence-electron chi connectivity index (χ4n) is 1.34. The summed E-state index contributed by atoms with van der Waals surface area (Å²) < 4.78 is 41.1. The van der Waals surface area contributed by atoms with Crippen LogP contribution in [0.15, 0.2) is 28.8 Å². The van der Waals surface area contributed by atoms with Crippen molar-refractivity contribution < 1.29 is 17.7 Å². The molecule has 2 rings (SSSR count). The molecule has 0 saturated carbocycles. The molecule has 0 spiro atoms. The predicted molar refractivity (Wildman–Crippen MR) is 65.3 cm³/mol. The molecule has 0 unspecified atom stereocenters. The molecule has 3 nitrogen and oxygen atoms in total. The maximum absolute atomic E-state index is 12.4. The molecule has 8 heteroatoms. The van der Waals surface area contributed by atoms with Gasteiger partial charge >= 0.3 is 12.1 Å². The van der Waals surface area contributed by atoms with Gasteiger partial charge in [-0.1, -0.05) is 61.3 Å². The van der Waals surface area contributed by atoms with E-state index in [-0.39, 0.29) is 9.56 Å². The van der Waals surface area contributed by atoms with Crippen LogP contribution < -0.4 is 0 Å². The third-order valence-corrected chi connectivity index (χ3v) is 3.09. The maximum Gasteiger partial charge on any atom is 0.471 e. The summed E-state index contributed by atoms with van der Waals surface area (Å²) in [7, 11) is 0. The zero-order valence-corrected chi connectivity index (χ0v) is 11.8. The van der Waals surface area contributed by atoms with E-state index in [9.17, 15) is 13.2 Å². The zero-order chi connectivity index (χ0) is 13.3. The molecule has 0 radical (unpaired) electrons. The highest BCUT2D eigenvalue weighted by Gasteiger charge is 2.38. The lowest BCUT2D eigenvalue weighted by Gasteiger charge is -2.06. The van der Waals surface area contributed by atoms with Crippen LogP contribution in [0.5, 0.6) is 0 Å². The van der Waals surface area contributed by atoms with Crippen molar-refractivity contribution in [1.29, 1.82) is 0 Å². The van der Waals surface area contributed by atoms with Crippen molar-refractivity contribution in [2.24, 2.45) is 0 Å². The van der Waals surface area contributed by atoms with Crippen LogP contribution in [0.3, 0.4) is 0 Å². The highest BCUT2D eigenvalue weighted by molar-refractivity contribution is 9.24. The van der Waals surface area contributed by atoms with Crippen LogP contribution in [0.1, 0.15) is 15.2 Å². The second-order valence-electron chi connectivity index (χ2n) is 3.31. The standard InChI is InChI=1S/C10H5Br2F3N2O/c11-7(12)5-3-1-2-4-6(5)8-16-9(18-17-8)10(13,14)15/h1-4,7H. The van der Waals surface area contributed by atoms with E-state index in [1.807, 2.05) is 0 Å². The van der Waals surface area contributed by atoms with E-state index in [1.165, 1.54) is 0 Å². The average Bonchev–Trinajstić information content (AvgIpc) is 2.77. The largest absolute Gasteiger partial charge is 0.471 e. The first-order valence-electron chi connectivity index (χ1n) is 4.68. The summed E-state index contributed by atoms with van der Waals surface area (Å²) in [4.78, 5) is 3.35. The van der Waals surface area contributed by atoms with Crippen molar-refractivity contribution in [1.82, 2.24) is 10.1 Å². The topological polar surface area (TPSA) is 38.9 Å². The summed E-state index contributed by atoms with van der Waals surface area (Å²) in [5, 5.41) is 3.35. The van der Waals surface area contributed by atoms with E-state index in [0.29, 0.717) is 11.1 Å². The quantitative estimate of drug-likeness (QED) is 0.712. The molecule has 0 bridgehead atoms. The lowest BCUT2D eigenvalue weighted by molar-refractivity contribution is -0.159. The van der Waals surface area contributed by atoms with Crippen LogP contribution in [0.25, 0.3) is 11.4 Å². The molecule has 0 aliphatic heterocycles. The molecule has 0 fully saturated rings. The van der Waals surface area contributed by atoms with Crippen LogP contribution in [-0.4, -0.2) is 10.1 Å². The Morgan fingerprint density at radius 2 is 1.83 bits per heavy atom. The number of nitrogens with zero attached hydrogens (tertiary/aromatic N) is 2. The van der Waals surface area contributed by atoms with Crippen molar-refractivity contribution >= 4 is 31.9 Å². The molecule has 18 heavy (non-hydrogen) atoms. The molecule has 0 saturated heterocycles. The summed E-state index contributed by atoms with van der Waals surface area (Å²) in [6.07, 6.45) is -4.64. The third kappa shape index (κ3) is 2.74. The molecule has 0 N–H and O–H groups in total.